The highest BCUT2D eigenvalue weighted by molar-refractivity contribution is 9.13. The quantitative estimate of drug-likeness (QED) is 0.635. The van der Waals surface area contributed by atoms with Crippen LogP contribution in [0.25, 0.3) is 0 Å². The summed E-state index contributed by atoms with van der Waals surface area (Å²) in [5.74, 6) is 0. The number of anilines is 1. The topological polar surface area (TPSA) is 12.0 Å². The molecule has 0 aliphatic rings. The third-order valence-electron chi connectivity index (χ3n) is 2.67. The molecule has 0 saturated carbocycles. The molecule has 1 N–H and O–H groups in total. The molecule has 18 heavy (non-hydrogen) atoms. The van der Waals surface area contributed by atoms with Crippen LogP contribution in [0, 0.1) is 6.92 Å². The Morgan fingerprint density at radius 1 is 0.944 bits per heavy atom. The van der Waals surface area contributed by atoms with E-state index in [4.69, 9.17) is 0 Å². The summed E-state index contributed by atoms with van der Waals surface area (Å²) in [6.45, 7) is 2.91. The van der Waals surface area contributed by atoms with E-state index in [1.807, 2.05) is 0 Å². The molecule has 0 atom stereocenters. The number of benzene rings is 2. The lowest BCUT2D eigenvalue weighted by atomic mass is 10.2. The van der Waals surface area contributed by atoms with Crippen molar-refractivity contribution in [1.29, 1.82) is 0 Å². The zero-order valence-corrected chi connectivity index (χ0v) is 14.6. The monoisotopic (exact) mass is 431 g/mol. The molecule has 0 aromatic heterocycles. The third kappa shape index (κ3) is 3.59. The largest absolute Gasteiger partial charge is 0.381 e. The Balaban J connectivity index is 2.11. The van der Waals surface area contributed by atoms with Gasteiger partial charge in [-0.25, -0.2) is 0 Å². The second-order valence-electron chi connectivity index (χ2n) is 4.06. The fraction of sp³-hybridized carbons (Fsp3) is 0.143. The fourth-order valence-electron chi connectivity index (χ4n) is 1.63. The van der Waals surface area contributed by atoms with Crippen LogP contribution in [0.15, 0.2) is 49.8 Å². The molecule has 1 nitrogen and oxygen atoms in total. The molecule has 0 bridgehead atoms. The molecule has 0 amide bonds. The molecule has 0 aliphatic heterocycles. The van der Waals surface area contributed by atoms with Gasteiger partial charge < -0.3 is 5.32 Å². The zero-order chi connectivity index (χ0) is 13.1. The number of hydrogen-bond acceptors (Lipinski definition) is 1. The van der Waals surface area contributed by atoms with Crippen LogP contribution in [0.2, 0.25) is 0 Å². The van der Waals surface area contributed by atoms with Gasteiger partial charge in [0.05, 0.1) is 0 Å². The van der Waals surface area contributed by atoms with Crippen molar-refractivity contribution in [2.75, 3.05) is 5.32 Å². The van der Waals surface area contributed by atoms with Gasteiger partial charge in [-0.1, -0.05) is 28.1 Å². The van der Waals surface area contributed by atoms with E-state index in [0.29, 0.717) is 0 Å². The summed E-state index contributed by atoms with van der Waals surface area (Å²) in [6.07, 6.45) is 0. The van der Waals surface area contributed by atoms with Crippen molar-refractivity contribution in [2.24, 2.45) is 0 Å². The predicted molar refractivity (Wildman–Crippen MR) is 88.0 cm³/mol. The van der Waals surface area contributed by atoms with Gasteiger partial charge in [0.2, 0.25) is 0 Å². The van der Waals surface area contributed by atoms with Crippen LogP contribution in [-0.4, -0.2) is 0 Å². The van der Waals surface area contributed by atoms with E-state index in [9.17, 15) is 0 Å². The number of rotatable bonds is 3. The molecule has 2 rings (SSSR count). The Labute approximate surface area is 132 Å². The summed E-state index contributed by atoms with van der Waals surface area (Å²) < 4.78 is 3.24. The minimum Gasteiger partial charge on any atom is -0.381 e. The highest BCUT2D eigenvalue weighted by Crippen LogP contribution is 2.25. The van der Waals surface area contributed by atoms with Gasteiger partial charge in [0.25, 0.3) is 0 Å². The molecular weight excluding hydrogens is 422 g/mol. The fourth-order valence-corrected chi connectivity index (χ4v) is 2.67. The molecule has 0 heterocycles. The average molecular weight is 434 g/mol. The van der Waals surface area contributed by atoms with Crippen molar-refractivity contribution < 1.29 is 0 Å². The minimum atomic E-state index is 0.809. The molecule has 2 aromatic carbocycles. The molecular formula is C14H12Br3N. The Morgan fingerprint density at radius 3 is 2.44 bits per heavy atom. The summed E-state index contributed by atoms with van der Waals surface area (Å²) in [5, 5.41) is 3.45. The average Bonchev–Trinajstić information content (AvgIpc) is 2.34. The van der Waals surface area contributed by atoms with Crippen molar-refractivity contribution in [3.63, 3.8) is 0 Å². The maximum absolute atomic E-state index is 3.52. The lowest BCUT2D eigenvalue weighted by Gasteiger charge is -2.10. The minimum absolute atomic E-state index is 0.809. The van der Waals surface area contributed by atoms with Crippen molar-refractivity contribution in [2.45, 2.75) is 13.5 Å². The van der Waals surface area contributed by atoms with E-state index in [2.05, 4.69) is 96.4 Å². The number of nitrogens with one attached hydrogen (secondary N) is 1. The first-order valence-corrected chi connectivity index (χ1v) is 7.88. The van der Waals surface area contributed by atoms with E-state index in [-0.39, 0.29) is 0 Å². The Kier molecular flexibility index (Phi) is 4.87. The van der Waals surface area contributed by atoms with Gasteiger partial charge in [-0.15, -0.1) is 0 Å². The van der Waals surface area contributed by atoms with Gasteiger partial charge in [-0.2, -0.15) is 0 Å². The lowest BCUT2D eigenvalue weighted by molar-refractivity contribution is 1.13. The van der Waals surface area contributed by atoms with E-state index in [1.165, 1.54) is 11.1 Å². The molecule has 94 valence electrons. The zero-order valence-electron chi connectivity index (χ0n) is 9.81. The summed E-state index contributed by atoms with van der Waals surface area (Å²) in [6, 6.07) is 12.5. The molecule has 0 fully saturated rings. The van der Waals surface area contributed by atoms with Gasteiger partial charge >= 0.3 is 0 Å². The molecule has 0 aliphatic carbocycles. The normalized spacial score (nSPS) is 10.4. The molecule has 4 heteroatoms. The predicted octanol–water partition coefficient (Wildman–Crippen LogP) is 5.89. The first-order valence-electron chi connectivity index (χ1n) is 5.50. The molecule has 2 aromatic rings. The smallest absolute Gasteiger partial charge is 0.0401 e. The maximum Gasteiger partial charge on any atom is 0.0401 e. The number of halogens is 3. The van der Waals surface area contributed by atoms with E-state index >= 15 is 0 Å². The van der Waals surface area contributed by atoms with Crippen LogP contribution >= 0.6 is 47.8 Å². The molecule has 0 radical (unpaired) electrons. The van der Waals surface area contributed by atoms with Crippen molar-refractivity contribution in [3.8, 4) is 0 Å². The summed E-state index contributed by atoms with van der Waals surface area (Å²) >= 11 is 10.5. The van der Waals surface area contributed by atoms with Crippen molar-refractivity contribution in [3.05, 3.63) is 60.9 Å². The third-order valence-corrected chi connectivity index (χ3v) is 5.04. The van der Waals surface area contributed by atoms with Gasteiger partial charge in [-0.05, 0) is 74.2 Å². The molecule has 0 unspecified atom stereocenters. The standard InChI is InChI=1S/C14H12Br3N/c1-9-2-4-11(15)7-14(9)18-8-10-3-5-12(16)13(17)6-10/h2-7,18H,8H2,1H3. The number of aryl methyl sites for hydroxylation is 1. The first-order chi connectivity index (χ1) is 8.56. The van der Waals surface area contributed by atoms with Crippen LogP contribution in [-0.2, 0) is 6.54 Å². The van der Waals surface area contributed by atoms with Crippen molar-refractivity contribution >= 4 is 53.5 Å². The van der Waals surface area contributed by atoms with Crippen LogP contribution in [0.4, 0.5) is 5.69 Å². The van der Waals surface area contributed by atoms with Crippen molar-refractivity contribution in [1.82, 2.24) is 0 Å². The number of hydrogen-bond donors (Lipinski definition) is 1. The Morgan fingerprint density at radius 2 is 1.72 bits per heavy atom. The van der Waals surface area contributed by atoms with Gasteiger partial charge in [0.1, 0.15) is 0 Å². The summed E-state index contributed by atoms with van der Waals surface area (Å²) in [4.78, 5) is 0. The highest BCUT2D eigenvalue weighted by Gasteiger charge is 2.01. The maximum atomic E-state index is 3.52. The Bertz CT molecular complexity index is 567. The first kappa shape index (κ1) is 14.1. The van der Waals surface area contributed by atoms with Crippen LogP contribution in [0.1, 0.15) is 11.1 Å². The highest BCUT2D eigenvalue weighted by atomic mass is 79.9. The van der Waals surface area contributed by atoms with Gasteiger partial charge in [0, 0.05) is 25.7 Å². The second kappa shape index (κ2) is 6.22. The van der Waals surface area contributed by atoms with E-state index < -0.39 is 0 Å². The van der Waals surface area contributed by atoms with Crippen LogP contribution in [0.5, 0.6) is 0 Å². The molecule has 0 saturated heterocycles. The van der Waals surface area contributed by atoms with Gasteiger partial charge in [-0.3, -0.25) is 0 Å². The Hall–Kier alpha value is -0.320. The summed E-state index contributed by atoms with van der Waals surface area (Å²) in [5.41, 5.74) is 3.64. The molecule has 0 spiro atoms. The van der Waals surface area contributed by atoms with Gasteiger partial charge in [0.15, 0.2) is 0 Å². The lowest BCUT2D eigenvalue weighted by Crippen LogP contribution is -2.01. The van der Waals surface area contributed by atoms with Crippen LogP contribution in [0.3, 0.4) is 0 Å². The van der Waals surface area contributed by atoms with E-state index in [1.54, 1.807) is 0 Å². The second-order valence-corrected chi connectivity index (χ2v) is 6.69. The van der Waals surface area contributed by atoms with E-state index in [0.717, 1.165) is 25.7 Å². The summed E-state index contributed by atoms with van der Waals surface area (Å²) in [7, 11) is 0. The SMILES string of the molecule is Cc1ccc(Br)cc1NCc1ccc(Br)c(Br)c1. The van der Waals surface area contributed by atoms with Crippen LogP contribution < -0.4 is 5.32 Å².